The zero-order valence-corrected chi connectivity index (χ0v) is 16.7. The molecule has 2 amide bonds. The topological polar surface area (TPSA) is 82.1 Å². The number of imide groups is 1. The maximum Gasteiger partial charge on any atom is 0.417 e. The highest BCUT2D eigenvalue weighted by Crippen LogP contribution is 2.09. The molecule has 0 fully saturated rings. The summed E-state index contributed by atoms with van der Waals surface area (Å²) in [7, 11) is 0. The Morgan fingerprint density at radius 2 is 1.74 bits per heavy atom. The van der Waals surface area contributed by atoms with Gasteiger partial charge in [0.1, 0.15) is 13.2 Å². The number of ether oxygens (including phenoxy) is 3. The summed E-state index contributed by atoms with van der Waals surface area (Å²) in [6.45, 7) is 5.29. The lowest BCUT2D eigenvalue weighted by Gasteiger charge is -2.23. The van der Waals surface area contributed by atoms with E-state index in [0.29, 0.717) is 0 Å². The van der Waals surface area contributed by atoms with Gasteiger partial charge in [0, 0.05) is 13.0 Å². The highest BCUT2D eigenvalue weighted by atomic mass is 35.5. The number of alkyl halides is 1. The Morgan fingerprint density at radius 3 is 2.33 bits per heavy atom. The Labute approximate surface area is 164 Å². The van der Waals surface area contributed by atoms with Crippen LogP contribution in [0.4, 0.5) is 4.79 Å². The molecule has 0 spiro atoms. The van der Waals surface area contributed by atoms with E-state index >= 15 is 0 Å². The number of hydrogen-bond acceptors (Lipinski definition) is 6. The largest absolute Gasteiger partial charge is 0.461 e. The van der Waals surface area contributed by atoms with Gasteiger partial charge >= 0.3 is 12.1 Å². The molecule has 0 N–H and O–H groups in total. The smallest absolute Gasteiger partial charge is 0.417 e. The summed E-state index contributed by atoms with van der Waals surface area (Å²) in [5, 5.41) is 0. The highest BCUT2D eigenvalue weighted by Gasteiger charge is 2.24. The number of rotatable bonds is 9. The van der Waals surface area contributed by atoms with E-state index in [4.69, 9.17) is 21.1 Å². The molecule has 0 unspecified atom stereocenters. The van der Waals surface area contributed by atoms with E-state index in [1.54, 1.807) is 20.8 Å². The van der Waals surface area contributed by atoms with Gasteiger partial charge in [-0.1, -0.05) is 41.9 Å². The van der Waals surface area contributed by atoms with Crippen molar-refractivity contribution >= 4 is 29.6 Å². The van der Waals surface area contributed by atoms with Gasteiger partial charge < -0.3 is 14.2 Å². The molecule has 0 aliphatic carbocycles. The maximum absolute atomic E-state index is 12.2. The van der Waals surface area contributed by atoms with Crippen molar-refractivity contribution in [2.75, 3.05) is 19.2 Å². The first-order valence-corrected chi connectivity index (χ1v) is 9.13. The number of nitrogens with zero attached hydrogens (tertiary/aromatic N) is 1. The van der Waals surface area contributed by atoms with Crippen molar-refractivity contribution in [2.24, 2.45) is 0 Å². The fraction of sp³-hybridized carbons (Fsp3) is 0.526. The second-order valence-corrected chi connectivity index (χ2v) is 6.93. The number of amides is 2. The van der Waals surface area contributed by atoms with Gasteiger partial charge in [0.2, 0.25) is 0 Å². The van der Waals surface area contributed by atoms with Crippen LogP contribution in [0.3, 0.4) is 0 Å². The van der Waals surface area contributed by atoms with Crippen molar-refractivity contribution in [3.05, 3.63) is 35.9 Å². The van der Waals surface area contributed by atoms with E-state index in [1.807, 2.05) is 30.3 Å². The minimum Gasteiger partial charge on any atom is -0.461 e. The molecule has 0 atom stereocenters. The van der Waals surface area contributed by atoms with Crippen molar-refractivity contribution in [2.45, 2.75) is 45.8 Å². The standard InChI is InChI=1S/C19H26ClNO6/c1-19(2,3)27-13-16(22)21(18(24)26-14-20)11-7-10-17(23)25-12-15-8-5-4-6-9-15/h4-6,8-9H,7,10-14H2,1-3H3. The fourth-order valence-electron chi connectivity index (χ4n) is 1.99. The van der Waals surface area contributed by atoms with E-state index in [0.717, 1.165) is 10.5 Å². The molecule has 0 heterocycles. The minimum absolute atomic E-state index is 0.00248. The molecule has 0 aliphatic heterocycles. The van der Waals surface area contributed by atoms with Crippen molar-refractivity contribution in [3.8, 4) is 0 Å². The lowest BCUT2D eigenvalue weighted by molar-refractivity contribution is -0.146. The van der Waals surface area contributed by atoms with Crippen LogP contribution in [0.15, 0.2) is 30.3 Å². The summed E-state index contributed by atoms with van der Waals surface area (Å²) < 4.78 is 15.2. The molecule has 0 radical (unpaired) electrons. The summed E-state index contributed by atoms with van der Waals surface area (Å²) in [4.78, 5) is 36.9. The molecule has 150 valence electrons. The van der Waals surface area contributed by atoms with Crippen molar-refractivity contribution < 1.29 is 28.6 Å². The van der Waals surface area contributed by atoms with Crippen LogP contribution in [0.2, 0.25) is 0 Å². The summed E-state index contributed by atoms with van der Waals surface area (Å²) in [6, 6.07) is 8.92. The van der Waals surface area contributed by atoms with Gasteiger partial charge in [-0.05, 0) is 32.8 Å². The Kier molecular flexibility index (Phi) is 9.82. The number of hydrogen-bond donors (Lipinski definition) is 0. The molecule has 7 nitrogen and oxygen atoms in total. The predicted octanol–water partition coefficient (Wildman–Crippen LogP) is 3.49. The first-order valence-electron chi connectivity index (χ1n) is 8.59. The second kappa shape index (κ2) is 11.6. The number of halogens is 1. The van der Waals surface area contributed by atoms with E-state index in [2.05, 4.69) is 4.74 Å². The van der Waals surface area contributed by atoms with Crippen LogP contribution in [0, 0.1) is 0 Å². The van der Waals surface area contributed by atoms with Gasteiger partial charge in [-0.25, -0.2) is 9.69 Å². The van der Waals surface area contributed by atoms with Crippen LogP contribution in [0.25, 0.3) is 0 Å². The zero-order valence-electron chi connectivity index (χ0n) is 15.9. The minimum atomic E-state index is -0.870. The molecule has 8 heteroatoms. The van der Waals surface area contributed by atoms with Gasteiger partial charge in [-0.2, -0.15) is 0 Å². The van der Waals surface area contributed by atoms with Gasteiger partial charge in [0.05, 0.1) is 5.60 Å². The molecule has 27 heavy (non-hydrogen) atoms. The first kappa shape index (κ1) is 22.9. The van der Waals surface area contributed by atoms with Gasteiger partial charge in [-0.3, -0.25) is 9.59 Å². The second-order valence-electron chi connectivity index (χ2n) is 6.72. The first-order chi connectivity index (χ1) is 12.7. The maximum atomic E-state index is 12.2. The number of carbonyl (C=O) groups excluding carboxylic acids is 3. The third kappa shape index (κ3) is 9.96. The van der Waals surface area contributed by atoms with Gasteiger partial charge in [0.25, 0.3) is 5.91 Å². The Hall–Kier alpha value is -2.12. The third-order valence-electron chi connectivity index (χ3n) is 3.33. The van der Waals surface area contributed by atoms with Crippen molar-refractivity contribution in [3.63, 3.8) is 0 Å². The summed E-state index contributed by atoms with van der Waals surface area (Å²) >= 11 is 5.39. The monoisotopic (exact) mass is 399 g/mol. The molecule has 0 aliphatic rings. The number of esters is 1. The van der Waals surface area contributed by atoms with Crippen LogP contribution in [-0.4, -0.2) is 47.7 Å². The molecule has 1 aromatic carbocycles. The Balaban J connectivity index is 2.46. The van der Waals surface area contributed by atoms with Gasteiger partial charge in [0.15, 0.2) is 6.07 Å². The van der Waals surface area contributed by atoms with Crippen molar-refractivity contribution in [1.29, 1.82) is 0 Å². The van der Waals surface area contributed by atoms with Crippen LogP contribution in [-0.2, 0) is 30.4 Å². The van der Waals surface area contributed by atoms with Crippen LogP contribution in [0.5, 0.6) is 0 Å². The predicted molar refractivity (Wildman–Crippen MR) is 100 cm³/mol. The molecular formula is C19H26ClNO6. The molecule has 1 aromatic rings. The average Bonchev–Trinajstić information content (AvgIpc) is 2.62. The summed E-state index contributed by atoms with van der Waals surface area (Å²) in [5.41, 5.74) is 0.353. The SMILES string of the molecule is CC(C)(C)OCC(=O)N(CCCC(=O)OCc1ccccc1)C(=O)OCCl. The summed E-state index contributed by atoms with van der Waals surface area (Å²) in [5.74, 6) is -0.972. The Bertz CT molecular complexity index is 614. The fourth-order valence-corrected chi connectivity index (χ4v) is 2.08. The molecule has 0 saturated heterocycles. The zero-order chi connectivity index (χ0) is 20.3. The summed E-state index contributed by atoms with van der Waals surface area (Å²) in [6.07, 6.45) is -0.567. The normalized spacial score (nSPS) is 11.0. The molecular weight excluding hydrogens is 374 g/mol. The third-order valence-corrected chi connectivity index (χ3v) is 3.44. The molecule has 0 saturated carbocycles. The van der Waals surface area contributed by atoms with Gasteiger partial charge in [-0.15, -0.1) is 0 Å². The highest BCUT2D eigenvalue weighted by molar-refractivity contribution is 6.17. The van der Waals surface area contributed by atoms with E-state index in [-0.39, 0.29) is 38.7 Å². The molecule has 1 rings (SSSR count). The lowest BCUT2D eigenvalue weighted by Crippen LogP contribution is -2.41. The number of carbonyl (C=O) groups is 3. The van der Waals surface area contributed by atoms with Crippen LogP contribution in [0.1, 0.15) is 39.2 Å². The van der Waals surface area contributed by atoms with E-state index < -0.39 is 23.6 Å². The molecule has 0 bridgehead atoms. The van der Waals surface area contributed by atoms with Crippen LogP contribution < -0.4 is 0 Å². The molecule has 0 aromatic heterocycles. The van der Waals surface area contributed by atoms with Crippen molar-refractivity contribution in [1.82, 2.24) is 4.90 Å². The van der Waals surface area contributed by atoms with Crippen LogP contribution >= 0.6 is 11.6 Å². The number of benzene rings is 1. The lowest BCUT2D eigenvalue weighted by atomic mass is 10.2. The van der Waals surface area contributed by atoms with E-state index in [9.17, 15) is 14.4 Å². The Morgan fingerprint density at radius 1 is 1.07 bits per heavy atom. The van der Waals surface area contributed by atoms with E-state index in [1.165, 1.54) is 0 Å². The average molecular weight is 400 g/mol. The quantitative estimate of drug-likeness (QED) is 0.467.